The molecule has 1 amide bonds. The first kappa shape index (κ1) is 19.9. The second-order valence-electron chi connectivity index (χ2n) is 6.18. The number of thioether (sulfide) groups is 1. The van der Waals surface area contributed by atoms with E-state index in [9.17, 15) is 4.79 Å². The Bertz CT molecular complexity index is 1080. The molecule has 0 bridgehead atoms. The second kappa shape index (κ2) is 8.57. The average Bonchev–Trinajstić information content (AvgIpc) is 3.30. The molecular weight excluding hydrogens is 476 g/mol. The number of carbonyl (C=O) groups is 1. The molecule has 2 N–H and O–H groups in total. The van der Waals surface area contributed by atoms with Gasteiger partial charge in [0.05, 0.1) is 17.7 Å². The third kappa shape index (κ3) is 4.63. The Morgan fingerprint density at radius 2 is 2.00 bits per heavy atom. The Balaban J connectivity index is 1.49. The Hall–Kier alpha value is -2.35. The minimum Gasteiger partial charge on any atom is -0.495 e. The molecule has 1 fully saturated rings. The number of carbonyl (C=O) groups excluding carboxylic acids is 1. The van der Waals surface area contributed by atoms with E-state index in [-0.39, 0.29) is 11.4 Å². The minimum atomic E-state index is -0.345. The van der Waals surface area contributed by atoms with Crippen molar-refractivity contribution in [2.24, 2.45) is 0 Å². The lowest BCUT2D eigenvalue weighted by atomic mass is 10.2. The highest BCUT2D eigenvalue weighted by Crippen LogP contribution is 2.35. The Morgan fingerprint density at radius 1 is 1.21 bits per heavy atom. The van der Waals surface area contributed by atoms with E-state index in [1.807, 2.05) is 36.4 Å². The van der Waals surface area contributed by atoms with E-state index in [0.29, 0.717) is 27.1 Å². The molecule has 2 heterocycles. The zero-order valence-electron chi connectivity index (χ0n) is 15.2. The normalized spacial score (nSPS) is 17.4. The van der Waals surface area contributed by atoms with Crippen LogP contribution >= 0.6 is 39.3 Å². The van der Waals surface area contributed by atoms with Crippen LogP contribution in [-0.4, -0.2) is 18.5 Å². The number of ether oxygens (including phenoxy) is 1. The number of hydrogen-bond acceptors (Lipinski definition) is 5. The molecule has 3 aromatic rings. The number of hydrogen-bond donors (Lipinski definition) is 2. The summed E-state index contributed by atoms with van der Waals surface area (Å²) in [6, 6.07) is 16.9. The summed E-state index contributed by atoms with van der Waals surface area (Å²) in [5, 5.41) is 6.69. The average molecular weight is 492 g/mol. The van der Waals surface area contributed by atoms with Crippen LogP contribution in [0.3, 0.4) is 0 Å². The van der Waals surface area contributed by atoms with Crippen molar-refractivity contribution in [3.05, 3.63) is 74.8 Å². The van der Waals surface area contributed by atoms with Gasteiger partial charge in [-0.1, -0.05) is 51.4 Å². The van der Waals surface area contributed by atoms with Gasteiger partial charge < -0.3 is 19.8 Å². The summed E-state index contributed by atoms with van der Waals surface area (Å²) in [7, 11) is 1.58. The lowest BCUT2D eigenvalue weighted by Crippen LogP contribution is -2.31. The number of anilines is 1. The Labute approximate surface area is 185 Å². The number of furan rings is 1. The summed E-state index contributed by atoms with van der Waals surface area (Å²) in [5.41, 5.74) is 1.32. The van der Waals surface area contributed by atoms with Gasteiger partial charge in [0.25, 0.3) is 5.91 Å². The zero-order chi connectivity index (χ0) is 20.4. The van der Waals surface area contributed by atoms with Crippen LogP contribution in [0.5, 0.6) is 5.75 Å². The molecule has 1 aliphatic heterocycles. The Morgan fingerprint density at radius 3 is 2.76 bits per heavy atom. The standard InChI is InChI=1S/C21H16BrClN2O3S/c1-27-18-8-6-14(23)10-16(18)24-21-25-20(26)19(29-21)11-15-7-9-17(28-15)12-2-4-13(22)5-3-12/h2-11,21,24H,1H3,(H,25,26)/b19-11-. The van der Waals surface area contributed by atoms with E-state index in [4.69, 9.17) is 20.8 Å². The van der Waals surface area contributed by atoms with Crippen LogP contribution in [0.4, 0.5) is 5.69 Å². The maximum atomic E-state index is 12.4. The SMILES string of the molecule is COc1ccc(Cl)cc1NC1NC(=O)/C(=C/c2ccc(-c3ccc(Br)cc3)o2)S1. The van der Waals surface area contributed by atoms with Crippen LogP contribution in [0.1, 0.15) is 5.76 Å². The van der Waals surface area contributed by atoms with Crippen LogP contribution in [0.2, 0.25) is 5.02 Å². The van der Waals surface area contributed by atoms with E-state index >= 15 is 0 Å². The predicted octanol–water partition coefficient (Wildman–Crippen LogP) is 5.97. The number of nitrogens with one attached hydrogen (secondary N) is 2. The van der Waals surface area contributed by atoms with Crippen molar-refractivity contribution in [2.45, 2.75) is 5.50 Å². The zero-order valence-corrected chi connectivity index (χ0v) is 18.4. The summed E-state index contributed by atoms with van der Waals surface area (Å²) in [5.74, 6) is 1.83. The summed E-state index contributed by atoms with van der Waals surface area (Å²) in [6.07, 6.45) is 1.74. The summed E-state index contributed by atoms with van der Waals surface area (Å²) in [6.45, 7) is 0. The molecule has 1 atom stereocenters. The monoisotopic (exact) mass is 490 g/mol. The maximum absolute atomic E-state index is 12.4. The summed E-state index contributed by atoms with van der Waals surface area (Å²) >= 11 is 10.9. The van der Waals surface area contributed by atoms with Crippen LogP contribution in [0, 0.1) is 0 Å². The molecule has 0 saturated carbocycles. The van der Waals surface area contributed by atoms with E-state index < -0.39 is 0 Å². The molecule has 2 aromatic carbocycles. The molecule has 0 aliphatic carbocycles. The molecule has 8 heteroatoms. The lowest BCUT2D eigenvalue weighted by molar-refractivity contribution is -0.116. The molecule has 0 radical (unpaired) electrons. The van der Waals surface area contributed by atoms with E-state index in [2.05, 4.69) is 26.6 Å². The Kier molecular flexibility index (Phi) is 5.89. The molecule has 148 valence electrons. The molecule has 29 heavy (non-hydrogen) atoms. The van der Waals surface area contributed by atoms with Crippen molar-refractivity contribution < 1.29 is 13.9 Å². The van der Waals surface area contributed by atoms with Crippen LogP contribution in [0.15, 0.2) is 68.4 Å². The van der Waals surface area contributed by atoms with Gasteiger partial charge in [-0.3, -0.25) is 4.79 Å². The summed E-state index contributed by atoms with van der Waals surface area (Å²) < 4.78 is 12.2. The molecule has 1 aliphatic rings. The van der Waals surface area contributed by atoms with Crippen molar-refractivity contribution in [2.75, 3.05) is 12.4 Å². The van der Waals surface area contributed by atoms with Gasteiger partial charge in [0.2, 0.25) is 0 Å². The van der Waals surface area contributed by atoms with Gasteiger partial charge in [-0.2, -0.15) is 0 Å². The van der Waals surface area contributed by atoms with Crippen molar-refractivity contribution in [1.82, 2.24) is 5.32 Å². The van der Waals surface area contributed by atoms with Crippen molar-refractivity contribution in [3.8, 4) is 17.1 Å². The first-order chi connectivity index (χ1) is 14.0. The molecule has 4 rings (SSSR count). The van der Waals surface area contributed by atoms with Crippen LogP contribution < -0.4 is 15.4 Å². The molecule has 5 nitrogen and oxygen atoms in total. The maximum Gasteiger partial charge on any atom is 0.260 e. The smallest absolute Gasteiger partial charge is 0.260 e. The second-order valence-corrected chi connectivity index (χ2v) is 8.68. The predicted molar refractivity (Wildman–Crippen MR) is 121 cm³/mol. The fourth-order valence-corrected chi connectivity index (χ4v) is 4.22. The highest BCUT2D eigenvalue weighted by Gasteiger charge is 2.28. The number of halogens is 2. The van der Waals surface area contributed by atoms with Gasteiger partial charge >= 0.3 is 0 Å². The topological polar surface area (TPSA) is 63.5 Å². The molecule has 1 aromatic heterocycles. The lowest BCUT2D eigenvalue weighted by Gasteiger charge is -2.15. The van der Waals surface area contributed by atoms with E-state index in [0.717, 1.165) is 15.8 Å². The van der Waals surface area contributed by atoms with Crippen LogP contribution in [-0.2, 0) is 4.79 Å². The number of methoxy groups -OCH3 is 1. The van der Waals surface area contributed by atoms with Gasteiger partial charge in [-0.25, -0.2) is 0 Å². The quantitative estimate of drug-likeness (QED) is 0.431. The highest BCUT2D eigenvalue weighted by molar-refractivity contribution is 9.10. The number of benzene rings is 2. The minimum absolute atomic E-state index is 0.171. The van der Waals surface area contributed by atoms with Gasteiger partial charge in [-0.15, -0.1) is 0 Å². The van der Waals surface area contributed by atoms with Crippen molar-refractivity contribution >= 4 is 57.0 Å². The number of amides is 1. The van der Waals surface area contributed by atoms with Crippen molar-refractivity contribution in [1.29, 1.82) is 0 Å². The third-order valence-electron chi connectivity index (χ3n) is 4.21. The van der Waals surface area contributed by atoms with Gasteiger partial charge in [0, 0.05) is 21.1 Å². The van der Waals surface area contributed by atoms with Gasteiger partial charge in [-0.05, 0) is 42.5 Å². The largest absolute Gasteiger partial charge is 0.495 e. The first-order valence-electron chi connectivity index (χ1n) is 8.67. The fraction of sp³-hybridized carbons (Fsp3) is 0.0952. The third-order valence-corrected chi connectivity index (χ3v) is 6.00. The van der Waals surface area contributed by atoms with Gasteiger partial charge in [0.1, 0.15) is 17.3 Å². The molecule has 0 spiro atoms. The molecule has 1 saturated heterocycles. The van der Waals surface area contributed by atoms with Crippen molar-refractivity contribution in [3.63, 3.8) is 0 Å². The van der Waals surface area contributed by atoms with E-state index in [1.165, 1.54) is 11.8 Å². The highest BCUT2D eigenvalue weighted by atomic mass is 79.9. The molecular formula is C21H16BrClN2O3S. The first-order valence-corrected chi connectivity index (χ1v) is 10.7. The van der Waals surface area contributed by atoms with Crippen LogP contribution in [0.25, 0.3) is 17.4 Å². The van der Waals surface area contributed by atoms with Gasteiger partial charge in [0.15, 0.2) is 5.50 Å². The molecule has 1 unspecified atom stereocenters. The van der Waals surface area contributed by atoms with E-state index in [1.54, 1.807) is 31.4 Å². The fourth-order valence-electron chi connectivity index (χ4n) is 2.83. The number of rotatable bonds is 5. The summed E-state index contributed by atoms with van der Waals surface area (Å²) in [4.78, 5) is 12.9.